The van der Waals surface area contributed by atoms with Gasteiger partial charge in [0.1, 0.15) is 5.75 Å². The molecule has 3 nitrogen and oxygen atoms in total. The van der Waals surface area contributed by atoms with Gasteiger partial charge in [-0.3, -0.25) is 0 Å². The minimum absolute atomic E-state index is 0.229. The van der Waals surface area contributed by atoms with E-state index in [0.29, 0.717) is 5.92 Å². The summed E-state index contributed by atoms with van der Waals surface area (Å²) in [4.78, 5) is 0. The van der Waals surface area contributed by atoms with Gasteiger partial charge < -0.3 is 15.8 Å². The van der Waals surface area contributed by atoms with Crippen molar-refractivity contribution in [3.63, 3.8) is 0 Å². The molecule has 82 valence electrons. The largest absolute Gasteiger partial charge is 0.497 e. The maximum atomic E-state index is 6.09. The molecule has 0 radical (unpaired) electrons. The second-order valence-corrected chi connectivity index (χ2v) is 4.04. The minimum Gasteiger partial charge on any atom is -0.497 e. The first kappa shape index (κ1) is 10.5. The van der Waals surface area contributed by atoms with Crippen LogP contribution in [0.5, 0.6) is 5.75 Å². The van der Waals surface area contributed by atoms with Crippen molar-refractivity contribution in [2.24, 2.45) is 5.73 Å². The number of hydrogen-bond donors (Lipinski definition) is 2. The number of benzene rings is 1. The van der Waals surface area contributed by atoms with E-state index in [9.17, 15) is 0 Å². The highest BCUT2D eigenvalue weighted by Gasteiger charge is 2.22. The first-order chi connectivity index (χ1) is 7.31. The van der Waals surface area contributed by atoms with Crippen molar-refractivity contribution in [2.75, 3.05) is 20.2 Å². The third kappa shape index (κ3) is 2.30. The van der Waals surface area contributed by atoms with E-state index in [2.05, 4.69) is 17.4 Å². The van der Waals surface area contributed by atoms with Gasteiger partial charge in [-0.1, -0.05) is 12.1 Å². The second kappa shape index (κ2) is 4.64. The van der Waals surface area contributed by atoms with E-state index in [0.717, 1.165) is 25.3 Å². The Labute approximate surface area is 90.6 Å². The molecule has 1 heterocycles. The highest BCUT2D eigenvalue weighted by molar-refractivity contribution is 5.30. The molecule has 3 heteroatoms. The standard InChI is InChI=1S/C12H18N2O/c1-15-10-4-2-9(3-5-10)11-6-7-14-8-12(11)13/h2-5,11-12,14H,6-8,13H2,1H3. The highest BCUT2D eigenvalue weighted by atomic mass is 16.5. The number of rotatable bonds is 2. The fourth-order valence-electron chi connectivity index (χ4n) is 2.15. The van der Waals surface area contributed by atoms with Crippen LogP contribution in [-0.4, -0.2) is 26.2 Å². The van der Waals surface area contributed by atoms with Crippen LogP contribution in [0.2, 0.25) is 0 Å². The fourth-order valence-corrected chi connectivity index (χ4v) is 2.15. The smallest absolute Gasteiger partial charge is 0.118 e. The van der Waals surface area contributed by atoms with Crippen molar-refractivity contribution in [1.29, 1.82) is 0 Å². The van der Waals surface area contributed by atoms with E-state index in [1.165, 1.54) is 5.56 Å². The molecule has 1 aromatic rings. The zero-order valence-corrected chi connectivity index (χ0v) is 9.07. The third-order valence-electron chi connectivity index (χ3n) is 3.07. The molecule has 0 amide bonds. The molecule has 1 fully saturated rings. The minimum atomic E-state index is 0.229. The van der Waals surface area contributed by atoms with Crippen molar-refractivity contribution >= 4 is 0 Å². The number of nitrogens with two attached hydrogens (primary N) is 1. The topological polar surface area (TPSA) is 47.3 Å². The molecule has 2 atom stereocenters. The molecule has 0 saturated carbocycles. The molecule has 2 rings (SSSR count). The van der Waals surface area contributed by atoms with Crippen molar-refractivity contribution < 1.29 is 4.74 Å². The second-order valence-electron chi connectivity index (χ2n) is 4.04. The normalized spacial score (nSPS) is 26.3. The molecule has 1 aromatic carbocycles. The van der Waals surface area contributed by atoms with E-state index in [1.54, 1.807) is 7.11 Å². The van der Waals surface area contributed by atoms with Crippen LogP contribution in [0, 0.1) is 0 Å². The SMILES string of the molecule is COc1ccc(C2CCNCC2N)cc1. The van der Waals surface area contributed by atoms with Crippen LogP contribution in [-0.2, 0) is 0 Å². The Kier molecular flexibility index (Phi) is 3.23. The van der Waals surface area contributed by atoms with Crippen LogP contribution < -0.4 is 15.8 Å². The van der Waals surface area contributed by atoms with Gasteiger partial charge in [-0.15, -0.1) is 0 Å². The summed E-state index contributed by atoms with van der Waals surface area (Å²) in [7, 11) is 1.69. The van der Waals surface area contributed by atoms with Gasteiger partial charge in [0.2, 0.25) is 0 Å². The van der Waals surface area contributed by atoms with Crippen molar-refractivity contribution in [1.82, 2.24) is 5.32 Å². The van der Waals surface area contributed by atoms with E-state index in [4.69, 9.17) is 10.5 Å². The van der Waals surface area contributed by atoms with Gasteiger partial charge in [-0.2, -0.15) is 0 Å². The van der Waals surface area contributed by atoms with Crippen molar-refractivity contribution in [2.45, 2.75) is 18.4 Å². The Morgan fingerprint density at radius 2 is 2.07 bits per heavy atom. The molecule has 1 aliphatic rings. The van der Waals surface area contributed by atoms with Gasteiger partial charge >= 0.3 is 0 Å². The zero-order valence-electron chi connectivity index (χ0n) is 9.07. The molecule has 15 heavy (non-hydrogen) atoms. The number of piperidine rings is 1. The lowest BCUT2D eigenvalue weighted by molar-refractivity contribution is 0.400. The molecular weight excluding hydrogens is 188 g/mol. The Hall–Kier alpha value is -1.06. The number of nitrogens with one attached hydrogen (secondary N) is 1. The third-order valence-corrected chi connectivity index (χ3v) is 3.07. The molecule has 1 aliphatic heterocycles. The summed E-state index contributed by atoms with van der Waals surface area (Å²) in [5.41, 5.74) is 7.41. The molecule has 0 spiro atoms. The van der Waals surface area contributed by atoms with Gasteiger partial charge in [0.05, 0.1) is 7.11 Å². The lowest BCUT2D eigenvalue weighted by atomic mass is 9.87. The van der Waals surface area contributed by atoms with Crippen LogP contribution in [0.25, 0.3) is 0 Å². The van der Waals surface area contributed by atoms with Gasteiger partial charge in [-0.05, 0) is 30.7 Å². The fraction of sp³-hybridized carbons (Fsp3) is 0.500. The van der Waals surface area contributed by atoms with Gasteiger partial charge in [0.15, 0.2) is 0 Å². The zero-order chi connectivity index (χ0) is 10.7. The summed E-state index contributed by atoms with van der Waals surface area (Å²) in [6, 6.07) is 8.48. The maximum absolute atomic E-state index is 6.09. The lowest BCUT2D eigenvalue weighted by Gasteiger charge is -2.29. The quantitative estimate of drug-likeness (QED) is 0.761. The number of methoxy groups -OCH3 is 1. The van der Waals surface area contributed by atoms with Crippen LogP contribution in [0.3, 0.4) is 0 Å². The van der Waals surface area contributed by atoms with Crippen molar-refractivity contribution in [3.05, 3.63) is 29.8 Å². The Morgan fingerprint density at radius 3 is 2.67 bits per heavy atom. The Morgan fingerprint density at radius 1 is 1.33 bits per heavy atom. The number of hydrogen-bond acceptors (Lipinski definition) is 3. The average Bonchev–Trinajstić information content (AvgIpc) is 2.30. The predicted molar refractivity (Wildman–Crippen MR) is 61.2 cm³/mol. The van der Waals surface area contributed by atoms with Crippen LogP contribution in [0.1, 0.15) is 17.9 Å². The number of ether oxygens (including phenoxy) is 1. The lowest BCUT2D eigenvalue weighted by Crippen LogP contribution is -2.44. The molecule has 0 aliphatic carbocycles. The van der Waals surface area contributed by atoms with E-state index in [-0.39, 0.29) is 6.04 Å². The van der Waals surface area contributed by atoms with Crippen LogP contribution >= 0.6 is 0 Å². The van der Waals surface area contributed by atoms with Gasteiger partial charge in [0.25, 0.3) is 0 Å². The summed E-state index contributed by atoms with van der Waals surface area (Å²) >= 11 is 0. The first-order valence-corrected chi connectivity index (χ1v) is 5.41. The van der Waals surface area contributed by atoms with Crippen LogP contribution in [0.15, 0.2) is 24.3 Å². The van der Waals surface area contributed by atoms with Gasteiger partial charge in [0, 0.05) is 18.5 Å². The highest BCUT2D eigenvalue weighted by Crippen LogP contribution is 2.25. The Bertz CT molecular complexity index is 310. The summed E-state index contributed by atoms with van der Waals surface area (Å²) < 4.78 is 5.14. The Balaban J connectivity index is 2.13. The first-order valence-electron chi connectivity index (χ1n) is 5.41. The average molecular weight is 206 g/mol. The maximum Gasteiger partial charge on any atom is 0.118 e. The van der Waals surface area contributed by atoms with E-state index >= 15 is 0 Å². The molecule has 0 bridgehead atoms. The molecule has 0 aromatic heterocycles. The molecule has 2 unspecified atom stereocenters. The summed E-state index contributed by atoms with van der Waals surface area (Å²) in [6.07, 6.45) is 1.12. The van der Waals surface area contributed by atoms with Crippen LogP contribution in [0.4, 0.5) is 0 Å². The molecular formula is C12H18N2O. The predicted octanol–water partition coefficient (Wildman–Crippen LogP) is 1.10. The van der Waals surface area contributed by atoms with Crippen molar-refractivity contribution in [3.8, 4) is 5.75 Å². The summed E-state index contributed by atoms with van der Waals surface area (Å²) in [6.45, 7) is 1.97. The molecule has 3 N–H and O–H groups in total. The molecule has 1 saturated heterocycles. The van der Waals surface area contributed by atoms with E-state index in [1.807, 2.05) is 12.1 Å². The van der Waals surface area contributed by atoms with Gasteiger partial charge in [-0.25, -0.2) is 0 Å². The monoisotopic (exact) mass is 206 g/mol. The summed E-state index contributed by atoms with van der Waals surface area (Å²) in [5.74, 6) is 1.39. The van der Waals surface area contributed by atoms with E-state index < -0.39 is 0 Å². The summed E-state index contributed by atoms with van der Waals surface area (Å²) in [5, 5.41) is 3.31.